The van der Waals surface area contributed by atoms with Crippen molar-refractivity contribution >= 4 is 17.2 Å². The number of methoxy groups -OCH3 is 1. The second-order valence-electron chi connectivity index (χ2n) is 6.92. The first-order chi connectivity index (χ1) is 15.9. The fourth-order valence-corrected chi connectivity index (χ4v) is 2.85. The highest BCUT2D eigenvalue weighted by Crippen LogP contribution is 2.25. The number of benzene rings is 2. The van der Waals surface area contributed by atoms with Crippen LogP contribution in [0.1, 0.15) is 23.1 Å². The number of ether oxygens (including phenoxy) is 2. The molecule has 1 heterocycles. The van der Waals surface area contributed by atoms with Gasteiger partial charge in [0.2, 0.25) is 0 Å². The Morgan fingerprint density at radius 2 is 2.03 bits per heavy atom. The van der Waals surface area contributed by atoms with Gasteiger partial charge >= 0.3 is 0 Å². The summed E-state index contributed by atoms with van der Waals surface area (Å²) in [6.45, 7) is 4.38. The molecule has 0 radical (unpaired) electrons. The number of aromatic nitrogens is 2. The van der Waals surface area contributed by atoms with Crippen LogP contribution >= 0.6 is 0 Å². The molecule has 1 aromatic heterocycles. The summed E-state index contributed by atoms with van der Waals surface area (Å²) in [4.78, 5) is 8.08. The molecule has 2 aromatic carbocycles. The Labute approximate surface area is 190 Å². The van der Waals surface area contributed by atoms with E-state index in [0.29, 0.717) is 35.8 Å². The molecular formula is C24H22FN5O3. The molecule has 0 saturated heterocycles. The van der Waals surface area contributed by atoms with E-state index in [1.807, 2.05) is 6.07 Å². The molecule has 3 aromatic rings. The minimum Gasteiger partial charge on any atom is -0.491 e. The minimum absolute atomic E-state index is 0.00813. The molecular weight excluding hydrogens is 425 g/mol. The predicted molar refractivity (Wildman–Crippen MR) is 121 cm³/mol. The SMILES string of the molecule is C=C(C#N)C(O)c1cccc(Nc2nc(C(=N)c3ccc(OCCOC)cc3)ncc2F)c1. The van der Waals surface area contributed by atoms with Gasteiger partial charge in [-0.15, -0.1) is 0 Å². The van der Waals surface area contributed by atoms with Crippen LogP contribution in [0.3, 0.4) is 0 Å². The first-order valence-electron chi connectivity index (χ1n) is 9.90. The molecule has 3 rings (SSSR count). The number of rotatable bonds is 10. The summed E-state index contributed by atoms with van der Waals surface area (Å²) in [7, 11) is 1.59. The van der Waals surface area contributed by atoms with E-state index in [2.05, 4.69) is 21.9 Å². The average Bonchev–Trinajstić information content (AvgIpc) is 2.84. The van der Waals surface area contributed by atoms with E-state index in [9.17, 15) is 9.50 Å². The number of nitriles is 1. The van der Waals surface area contributed by atoms with Gasteiger partial charge in [0, 0.05) is 18.4 Å². The fraction of sp³-hybridized carbons (Fsp3) is 0.167. The van der Waals surface area contributed by atoms with Crippen LogP contribution in [-0.4, -0.2) is 41.1 Å². The Morgan fingerprint density at radius 3 is 2.73 bits per heavy atom. The summed E-state index contributed by atoms with van der Waals surface area (Å²) in [5, 5.41) is 30.3. The van der Waals surface area contributed by atoms with Crippen molar-refractivity contribution in [2.75, 3.05) is 25.6 Å². The van der Waals surface area contributed by atoms with Crippen molar-refractivity contribution in [2.45, 2.75) is 6.10 Å². The Kier molecular flexibility index (Phi) is 7.81. The van der Waals surface area contributed by atoms with Crippen LogP contribution in [0.4, 0.5) is 15.9 Å². The Balaban J connectivity index is 1.78. The lowest BCUT2D eigenvalue weighted by Crippen LogP contribution is -2.10. The van der Waals surface area contributed by atoms with Crippen molar-refractivity contribution < 1.29 is 19.0 Å². The molecule has 0 bridgehead atoms. The smallest absolute Gasteiger partial charge is 0.184 e. The maximum Gasteiger partial charge on any atom is 0.184 e. The summed E-state index contributed by atoms with van der Waals surface area (Å²) in [6.07, 6.45) is -0.185. The zero-order valence-corrected chi connectivity index (χ0v) is 17.9. The fourth-order valence-electron chi connectivity index (χ4n) is 2.85. The monoisotopic (exact) mass is 447 g/mol. The maximum absolute atomic E-state index is 14.4. The number of hydrogen-bond donors (Lipinski definition) is 3. The second kappa shape index (κ2) is 10.9. The number of aliphatic hydroxyl groups excluding tert-OH is 1. The van der Waals surface area contributed by atoms with Crippen molar-refractivity contribution in [3.63, 3.8) is 0 Å². The third kappa shape index (κ3) is 5.98. The van der Waals surface area contributed by atoms with Gasteiger partial charge in [-0.2, -0.15) is 5.26 Å². The van der Waals surface area contributed by atoms with Crippen LogP contribution in [-0.2, 0) is 4.74 Å². The van der Waals surface area contributed by atoms with Gasteiger partial charge in [0.15, 0.2) is 17.5 Å². The van der Waals surface area contributed by atoms with Gasteiger partial charge in [-0.05, 0) is 42.0 Å². The van der Waals surface area contributed by atoms with E-state index in [1.165, 1.54) is 0 Å². The summed E-state index contributed by atoms with van der Waals surface area (Å²) in [6, 6.07) is 15.1. The molecule has 0 aliphatic carbocycles. The molecule has 0 spiro atoms. The third-order valence-electron chi connectivity index (χ3n) is 4.61. The van der Waals surface area contributed by atoms with Crippen LogP contribution in [0, 0.1) is 22.6 Å². The highest BCUT2D eigenvalue weighted by atomic mass is 19.1. The molecule has 0 aliphatic rings. The molecule has 1 unspecified atom stereocenters. The minimum atomic E-state index is -1.17. The quantitative estimate of drug-likeness (QED) is 0.244. The van der Waals surface area contributed by atoms with Crippen LogP contribution in [0.2, 0.25) is 0 Å². The molecule has 0 aliphatic heterocycles. The van der Waals surface area contributed by atoms with E-state index in [4.69, 9.17) is 20.1 Å². The van der Waals surface area contributed by atoms with E-state index in [0.717, 1.165) is 6.20 Å². The molecule has 3 N–H and O–H groups in total. The molecule has 168 valence electrons. The summed E-state index contributed by atoms with van der Waals surface area (Å²) < 4.78 is 24.8. The Bertz CT molecular complexity index is 1190. The molecule has 1 atom stereocenters. The molecule has 0 fully saturated rings. The second-order valence-corrected chi connectivity index (χ2v) is 6.92. The van der Waals surface area contributed by atoms with Gasteiger partial charge < -0.3 is 19.9 Å². The van der Waals surface area contributed by atoms with Crippen LogP contribution in [0.15, 0.2) is 66.9 Å². The zero-order chi connectivity index (χ0) is 23.8. The molecule has 33 heavy (non-hydrogen) atoms. The number of anilines is 2. The summed E-state index contributed by atoms with van der Waals surface area (Å²) in [5.41, 5.74) is 1.39. The Hall–Kier alpha value is -4.13. The highest BCUT2D eigenvalue weighted by molar-refractivity contribution is 6.08. The van der Waals surface area contributed by atoms with Gasteiger partial charge in [-0.1, -0.05) is 18.7 Å². The van der Waals surface area contributed by atoms with Crippen molar-refractivity contribution in [1.82, 2.24) is 9.97 Å². The Morgan fingerprint density at radius 1 is 1.27 bits per heavy atom. The zero-order valence-electron chi connectivity index (χ0n) is 17.9. The van der Waals surface area contributed by atoms with Gasteiger partial charge in [-0.25, -0.2) is 14.4 Å². The predicted octanol–water partition coefficient (Wildman–Crippen LogP) is 3.91. The first-order valence-corrected chi connectivity index (χ1v) is 9.90. The van der Waals surface area contributed by atoms with E-state index in [-0.39, 0.29) is 22.9 Å². The summed E-state index contributed by atoms with van der Waals surface area (Å²) in [5.74, 6) is -0.177. The van der Waals surface area contributed by atoms with E-state index in [1.54, 1.807) is 55.6 Å². The van der Waals surface area contributed by atoms with Crippen molar-refractivity contribution in [2.24, 2.45) is 0 Å². The first kappa shape index (κ1) is 23.5. The summed E-state index contributed by atoms with van der Waals surface area (Å²) >= 11 is 0. The standard InChI is InChI=1S/C24H22FN5O3/c1-15(13-26)22(31)17-4-3-5-18(12-17)29-23-20(25)14-28-24(30-23)21(27)16-6-8-19(9-7-16)33-11-10-32-2/h3-9,12,14,22,27,31H,1,10-11H2,2H3,(H,28,29,30). The number of hydrogen-bond acceptors (Lipinski definition) is 8. The normalized spacial score (nSPS) is 11.3. The largest absolute Gasteiger partial charge is 0.491 e. The third-order valence-corrected chi connectivity index (χ3v) is 4.61. The van der Waals surface area contributed by atoms with Crippen molar-refractivity contribution in [1.29, 1.82) is 10.7 Å². The van der Waals surface area contributed by atoms with Crippen LogP contribution < -0.4 is 10.1 Å². The van der Waals surface area contributed by atoms with Gasteiger partial charge in [0.05, 0.1) is 24.4 Å². The van der Waals surface area contributed by atoms with Crippen molar-refractivity contribution in [3.05, 3.63) is 89.6 Å². The lowest BCUT2D eigenvalue weighted by Gasteiger charge is -2.13. The molecule has 8 nitrogen and oxygen atoms in total. The van der Waals surface area contributed by atoms with Crippen LogP contribution in [0.5, 0.6) is 5.75 Å². The average molecular weight is 447 g/mol. The van der Waals surface area contributed by atoms with Gasteiger partial charge in [0.25, 0.3) is 0 Å². The molecule has 9 heteroatoms. The number of nitrogens with one attached hydrogen (secondary N) is 2. The van der Waals surface area contributed by atoms with E-state index < -0.39 is 11.9 Å². The molecule has 0 amide bonds. The maximum atomic E-state index is 14.4. The van der Waals surface area contributed by atoms with Gasteiger partial charge in [0.1, 0.15) is 24.2 Å². The number of aliphatic hydroxyl groups is 1. The van der Waals surface area contributed by atoms with Crippen LogP contribution in [0.25, 0.3) is 0 Å². The molecule has 0 saturated carbocycles. The lowest BCUT2D eigenvalue weighted by molar-refractivity contribution is 0.146. The number of halogens is 1. The number of nitrogens with zero attached hydrogens (tertiary/aromatic N) is 3. The highest BCUT2D eigenvalue weighted by Gasteiger charge is 2.15. The topological polar surface area (TPSA) is 124 Å². The van der Waals surface area contributed by atoms with Crippen molar-refractivity contribution in [3.8, 4) is 11.8 Å². The lowest BCUT2D eigenvalue weighted by atomic mass is 10.0. The van der Waals surface area contributed by atoms with E-state index >= 15 is 0 Å². The van der Waals surface area contributed by atoms with Gasteiger partial charge in [-0.3, -0.25) is 5.41 Å².